The van der Waals surface area contributed by atoms with Gasteiger partial charge in [0.15, 0.2) is 11.6 Å². The average Bonchev–Trinajstić information content (AvgIpc) is 2.35. The summed E-state index contributed by atoms with van der Waals surface area (Å²) in [6, 6.07) is 4.56. The zero-order valence-electron chi connectivity index (χ0n) is 10.1. The van der Waals surface area contributed by atoms with Gasteiger partial charge in [0, 0.05) is 6.54 Å². The van der Waals surface area contributed by atoms with E-state index in [1.54, 1.807) is 6.07 Å². The highest BCUT2D eigenvalue weighted by Gasteiger charge is 2.12. The van der Waals surface area contributed by atoms with Gasteiger partial charge in [0.05, 0.1) is 0 Å². The first kappa shape index (κ1) is 12.4. The molecule has 0 aliphatic heterocycles. The number of phenolic OH excluding ortho intramolecular Hbond substituents is 1. The van der Waals surface area contributed by atoms with Crippen LogP contribution in [0.3, 0.4) is 0 Å². The van der Waals surface area contributed by atoms with Gasteiger partial charge in [0.1, 0.15) is 0 Å². The number of hydrogen-bond donors (Lipinski definition) is 2. The maximum atomic E-state index is 13.1. The molecule has 2 rings (SSSR count). The Labute approximate surface area is 102 Å². The number of rotatable bonds is 4. The van der Waals surface area contributed by atoms with Crippen LogP contribution in [-0.2, 0) is 6.54 Å². The predicted molar refractivity (Wildman–Crippen MR) is 66.3 cm³/mol. The van der Waals surface area contributed by atoms with Gasteiger partial charge in [0.25, 0.3) is 0 Å². The molecule has 2 nitrogen and oxygen atoms in total. The van der Waals surface area contributed by atoms with E-state index in [2.05, 4.69) is 5.32 Å². The van der Waals surface area contributed by atoms with Crippen LogP contribution in [0.2, 0.25) is 0 Å². The number of benzene rings is 1. The molecule has 1 aromatic rings. The second-order valence-electron chi connectivity index (χ2n) is 4.92. The summed E-state index contributed by atoms with van der Waals surface area (Å²) in [6.45, 7) is 1.69. The fourth-order valence-corrected chi connectivity index (χ4v) is 2.47. The zero-order chi connectivity index (χ0) is 12.1. The Morgan fingerprint density at radius 1 is 1.24 bits per heavy atom. The molecule has 0 aromatic heterocycles. The fraction of sp³-hybridized carbons (Fsp3) is 0.571. The summed E-state index contributed by atoms with van der Waals surface area (Å²) >= 11 is 0. The van der Waals surface area contributed by atoms with Crippen LogP contribution in [0.1, 0.15) is 37.7 Å². The molecule has 0 saturated heterocycles. The number of phenols is 1. The van der Waals surface area contributed by atoms with Gasteiger partial charge in [-0.05, 0) is 43.0 Å². The van der Waals surface area contributed by atoms with Crippen molar-refractivity contribution >= 4 is 0 Å². The summed E-state index contributed by atoms with van der Waals surface area (Å²) in [4.78, 5) is 0. The Balaban J connectivity index is 1.75. The molecule has 94 valence electrons. The Morgan fingerprint density at radius 3 is 2.71 bits per heavy atom. The van der Waals surface area contributed by atoms with E-state index in [1.165, 1.54) is 44.2 Å². The number of aromatic hydroxyl groups is 1. The van der Waals surface area contributed by atoms with Crippen molar-refractivity contribution in [1.29, 1.82) is 0 Å². The van der Waals surface area contributed by atoms with E-state index in [0.717, 1.165) is 18.0 Å². The highest BCUT2D eigenvalue weighted by molar-refractivity contribution is 5.27. The van der Waals surface area contributed by atoms with E-state index in [9.17, 15) is 4.39 Å². The molecule has 0 atom stereocenters. The number of hydrogen-bond acceptors (Lipinski definition) is 2. The lowest BCUT2D eigenvalue weighted by molar-refractivity contribution is 0.342. The molecule has 1 aromatic carbocycles. The van der Waals surface area contributed by atoms with Crippen LogP contribution in [0.5, 0.6) is 5.75 Å². The minimum atomic E-state index is -0.540. The van der Waals surface area contributed by atoms with Gasteiger partial charge >= 0.3 is 0 Å². The van der Waals surface area contributed by atoms with Crippen molar-refractivity contribution < 1.29 is 9.50 Å². The van der Waals surface area contributed by atoms with Gasteiger partial charge in [-0.1, -0.05) is 25.3 Å². The second-order valence-corrected chi connectivity index (χ2v) is 4.92. The highest BCUT2D eigenvalue weighted by Crippen LogP contribution is 2.23. The molecular formula is C14H20FNO. The smallest absolute Gasteiger partial charge is 0.165 e. The van der Waals surface area contributed by atoms with Crippen LogP contribution in [0.4, 0.5) is 4.39 Å². The summed E-state index contributed by atoms with van der Waals surface area (Å²) in [5.74, 6) is -0.0336. The van der Waals surface area contributed by atoms with Crippen LogP contribution in [-0.4, -0.2) is 11.7 Å². The third-order valence-electron chi connectivity index (χ3n) is 3.50. The third kappa shape index (κ3) is 3.70. The van der Waals surface area contributed by atoms with Crippen molar-refractivity contribution in [1.82, 2.24) is 5.32 Å². The Kier molecular flexibility index (Phi) is 4.37. The molecule has 0 amide bonds. The molecule has 2 N–H and O–H groups in total. The van der Waals surface area contributed by atoms with E-state index in [1.807, 2.05) is 0 Å². The van der Waals surface area contributed by atoms with E-state index in [-0.39, 0.29) is 5.75 Å². The van der Waals surface area contributed by atoms with Crippen molar-refractivity contribution in [3.63, 3.8) is 0 Å². The normalized spacial score (nSPS) is 17.2. The molecule has 17 heavy (non-hydrogen) atoms. The molecule has 0 bridgehead atoms. The van der Waals surface area contributed by atoms with Crippen LogP contribution in [0.25, 0.3) is 0 Å². The van der Waals surface area contributed by atoms with Crippen LogP contribution in [0.15, 0.2) is 18.2 Å². The van der Waals surface area contributed by atoms with E-state index >= 15 is 0 Å². The lowest BCUT2D eigenvalue weighted by atomic mass is 9.89. The summed E-state index contributed by atoms with van der Waals surface area (Å²) in [6.07, 6.45) is 6.70. The van der Waals surface area contributed by atoms with E-state index < -0.39 is 5.82 Å². The minimum Gasteiger partial charge on any atom is -0.505 e. The summed E-state index contributed by atoms with van der Waals surface area (Å²) in [5, 5.41) is 12.4. The van der Waals surface area contributed by atoms with E-state index in [0.29, 0.717) is 6.54 Å². The predicted octanol–water partition coefficient (Wildman–Crippen LogP) is 3.20. The highest BCUT2D eigenvalue weighted by atomic mass is 19.1. The van der Waals surface area contributed by atoms with Gasteiger partial charge in [-0.25, -0.2) is 4.39 Å². The summed E-state index contributed by atoms with van der Waals surface area (Å²) in [7, 11) is 0. The standard InChI is InChI=1S/C14H20FNO/c15-13-8-12(6-7-14(13)17)10-16-9-11-4-2-1-3-5-11/h6-8,11,16-17H,1-5,9-10H2. The maximum Gasteiger partial charge on any atom is 0.165 e. The minimum absolute atomic E-state index is 0.277. The molecule has 0 heterocycles. The van der Waals surface area contributed by atoms with Gasteiger partial charge in [0.2, 0.25) is 0 Å². The van der Waals surface area contributed by atoms with Crippen molar-refractivity contribution in [2.45, 2.75) is 38.6 Å². The average molecular weight is 237 g/mol. The molecule has 1 saturated carbocycles. The maximum absolute atomic E-state index is 13.1. The largest absolute Gasteiger partial charge is 0.505 e. The topological polar surface area (TPSA) is 32.3 Å². The Bertz CT molecular complexity index is 361. The van der Waals surface area contributed by atoms with Gasteiger partial charge in [-0.15, -0.1) is 0 Å². The van der Waals surface area contributed by atoms with Crippen molar-refractivity contribution in [2.24, 2.45) is 5.92 Å². The fourth-order valence-electron chi connectivity index (χ4n) is 2.47. The molecule has 0 radical (unpaired) electrons. The van der Waals surface area contributed by atoms with Crippen molar-refractivity contribution in [3.05, 3.63) is 29.6 Å². The zero-order valence-corrected chi connectivity index (χ0v) is 10.1. The van der Waals surface area contributed by atoms with Crippen LogP contribution < -0.4 is 5.32 Å². The molecule has 1 aliphatic carbocycles. The van der Waals surface area contributed by atoms with Crippen molar-refractivity contribution in [2.75, 3.05) is 6.54 Å². The monoisotopic (exact) mass is 237 g/mol. The summed E-state index contributed by atoms with van der Waals surface area (Å²) < 4.78 is 13.1. The summed E-state index contributed by atoms with van der Waals surface area (Å²) in [5.41, 5.74) is 0.885. The first-order valence-electron chi connectivity index (χ1n) is 6.44. The first-order valence-corrected chi connectivity index (χ1v) is 6.44. The number of halogens is 1. The molecular weight excluding hydrogens is 217 g/mol. The molecule has 1 fully saturated rings. The Morgan fingerprint density at radius 2 is 2.00 bits per heavy atom. The second kappa shape index (κ2) is 6.01. The molecule has 0 unspecified atom stereocenters. The van der Waals surface area contributed by atoms with Crippen LogP contribution >= 0.6 is 0 Å². The third-order valence-corrected chi connectivity index (χ3v) is 3.50. The molecule has 0 spiro atoms. The van der Waals surface area contributed by atoms with Gasteiger partial charge in [-0.2, -0.15) is 0 Å². The van der Waals surface area contributed by atoms with Crippen LogP contribution in [0, 0.1) is 11.7 Å². The van der Waals surface area contributed by atoms with Crippen molar-refractivity contribution in [3.8, 4) is 5.75 Å². The van der Waals surface area contributed by atoms with Gasteiger partial charge in [-0.3, -0.25) is 0 Å². The quantitative estimate of drug-likeness (QED) is 0.842. The lowest BCUT2D eigenvalue weighted by Gasteiger charge is -2.21. The van der Waals surface area contributed by atoms with Gasteiger partial charge < -0.3 is 10.4 Å². The number of nitrogens with one attached hydrogen (secondary N) is 1. The Hall–Kier alpha value is -1.09. The lowest BCUT2D eigenvalue weighted by Crippen LogP contribution is -2.24. The molecule has 3 heteroatoms. The SMILES string of the molecule is Oc1ccc(CNCC2CCCCC2)cc1F. The first-order chi connectivity index (χ1) is 8.25. The molecule has 1 aliphatic rings. The van der Waals surface area contributed by atoms with E-state index in [4.69, 9.17) is 5.11 Å².